The Labute approximate surface area is 98.7 Å². The average Bonchev–Trinajstić information content (AvgIpc) is 2.59. The van der Waals surface area contributed by atoms with E-state index in [9.17, 15) is 4.79 Å². The molecule has 0 saturated heterocycles. The molecule has 3 nitrogen and oxygen atoms in total. The van der Waals surface area contributed by atoms with Crippen molar-refractivity contribution in [2.75, 3.05) is 0 Å². The van der Waals surface area contributed by atoms with Crippen LogP contribution in [0.15, 0.2) is 36.4 Å². The van der Waals surface area contributed by atoms with E-state index >= 15 is 0 Å². The Morgan fingerprint density at radius 2 is 2.06 bits per heavy atom. The molecule has 0 unspecified atom stereocenters. The summed E-state index contributed by atoms with van der Waals surface area (Å²) in [6, 6.07) is 10.9. The number of halogens is 1. The molecule has 0 atom stereocenters. The van der Waals surface area contributed by atoms with Crippen LogP contribution in [-0.4, -0.2) is 15.6 Å². The zero-order valence-corrected chi connectivity index (χ0v) is 9.61. The van der Waals surface area contributed by atoms with Crippen molar-refractivity contribution in [2.45, 2.75) is 13.5 Å². The third kappa shape index (κ3) is 2.31. The van der Waals surface area contributed by atoms with Crippen LogP contribution >= 0.6 is 11.6 Å². The van der Waals surface area contributed by atoms with Gasteiger partial charge in [0.15, 0.2) is 5.78 Å². The van der Waals surface area contributed by atoms with E-state index in [1.54, 1.807) is 18.2 Å². The van der Waals surface area contributed by atoms with Gasteiger partial charge in [0.2, 0.25) is 0 Å². The molecular formula is C12H11ClN2O. The Balaban J connectivity index is 2.17. The standard InChI is InChI=1S/C12H11ClN2O/c1-9-7-12(13)15(14-9)8-11(16)10-5-3-2-4-6-10/h2-7H,8H2,1H3. The number of nitrogens with zero attached hydrogens (tertiary/aromatic N) is 2. The smallest absolute Gasteiger partial charge is 0.184 e. The molecule has 4 heteroatoms. The molecule has 1 aromatic carbocycles. The third-order valence-corrected chi connectivity index (χ3v) is 2.55. The first-order chi connectivity index (χ1) is 7.66. The number of aryl methyl sites for hydroxylation is 1. The molecule has 0 bridgehead atoms. The van der Waals surface area contributed by atoms with Crippen LogP contribution in [0.5, 0.6) is 0 Å². The highest BCUT2D eigenvalue weighted by atomic mass is 35.5. The minimum absolute atomic E-state index is 0.00519. The van der Waals surface area contributed by atoms with Gasteiger partial charge < -0.3 is 0 Å². The predicted molar refractivity (Wildman–Crippen MR) is 62.7 cm³/mol. The van der Waals surface area contributed by atoms with Crippen molar-refractivity contribution >= 4 is 17.4 Å². The summed E-state index contributed by atoms with van der Waals surface area (Å²) in [5.74, 6) is 0.00519. The number of carbonyl (C=O) groups excluding carboxylic acids is 1. The molecule has 0 aliphatic carbocycles. The highest BCUT2D eigenvalue weighted by molar-refractivity contribution is 6.29. The Morgan fingerprint density at radius 1 is 1.38 bits per heavy atom. The Morgan fingerprint density at radius 3 is 2.62 bits per heavy atom. The number of carbonyl (C=O) groups is 1. The van der Waals surface area contributed by atoms with E-state index in [0.29, 0.717) is 10.7 Å². The fourth-order valence-corrected chi connectivity index (χ4v) is 1.73. The summed E-state index contributed by atoms with van der Waals surface area (Å²) < 4.78 is 1.51. The fourth-order valence-electron chi connectivity index (χ4n) is 1.48. The summed E-state index contributed by atoms with van der Waals surface area (Å²) in [6.07, 6.45) is 0. The lowest BCUT2D eigenvalue weighted by Gasteiger charge is -2.02. The second kappa shape index (κ2) is 4.49. The first kappa shape index (κ1) is 10.9. The Bertz CT molecular complexity index is 505. The minimum Gasteiger partial charge on any atom is -0.292 e. The monoisotopic (exact) mass is 234 g/mol. The third-order valence-electron chi connectivity index (χ3n) is 2.24. The highest BCUT2D eigenvalue weighted by Gasteiger charge is 2.09. The zero-order valence-electron chi connectivity index (χ0n) is 8.85. The molecule has 0 spiro atoms. The van der Waals surface area contributed by atoms with E-state index in [1.165, 1.54) is 4.68 Å². The van der Waals surface area contributed by atoms with Crippen molar-refractivity contribution in [2.24, 2.45) is 0 Å². The molecule has 0 radical (unpaired) electrons. The summed E-state index contributed by atoms with van der Waals surface area (Å²) >= 11 is 5.92. The first-order valence-corrected chi connectivity index (χ1v) is 5.33. The van der Waals surface area contributed by atoms with E-state index in [0.717, 1.165) is 5.69 Å². The minimum atomic E-state index is 0.00519. The first-order valence-electron chi connectivity index (χ1n) is 4.95. The Hall–Kier alpha value is -1.61. The van der Waals surface area contributed by atoms with Crippen LogP contribution in [0.1, 0.15) is 16.1 Å². The molecule has 1 heterocycles. The normalized spacial score (nSPS) is 10.4. The van der Waals surface area contributed by atoms with Gasteiger partial charge in [-0.1, -0.05) is 41.9 Å². The van der Waals surface area contributed by atoms with Gasteiger partial charge in [-0.2, -0.15) is 5.10 Å². The number of ketones is 1. The molecule has 0 saturated carbocycles. The summed E-state index contributed by atoms with van der Waals surface area (Å²) in [6.45, 7) is 2.02. The van der Waals surface area contributed by atoms with Crippen LogP contribution < -0.4 is 0 Å². The number of benzene rings is 1. The van der Waals surface area contributed by atoms with E-state index in [4.69, 9.17) is 11.6 Å². The van der Waals surface area contributed by atoms with Gasteiger partial charge in [-0.15, -0.1) is 0 Å². The average molecular weight is 235 g/mol. The maximum atomic E-state index is 11.9. The van der Waals surface area contributed by atoms with Crippen LogP contribution in [0.25, 0.3) is 0 Å². The van der Waals surface area contributed by atoms with E-state index in [-0.39, 0.29) is 12.3 Å². The number of rotatable bonds is 3. The van der Waals surface area contributed by atoms with Crippen LogP contribution in [0.4, 0.5) is 0 Å². The molecule has 2 aromatic rings. The van der Waals surface area contributed by atoms with Gasteiger partial charge in [0.25, 0.3) is 0 Å². The summed E-state index contributed by atoms with van der Waals surface area (Å²) in [4.78, 5) is 11.9. The molecule has 2 rings (SSSR count). The molecule has 0 aliphatic rings. The molecule has 16 heavy (non-hydrogen) atoms. The maximum absolute atomic E-state index is 11.9. The summed E-state index contributed by atoms with van der Waals surface area (Å²) in [5.41, 5.74) is 1.48. The Kier molecular flexibility index (Phi) is 3.06. The molecule has 0 N–H and O–H groups in total. The topological polar surface area (TPSA) is 34.9 Å². The van der Waals surface area contributed by atoms with Gasteiger partial charge in [-0.05, 0) is 13.0 Å². The lowest BCUT2D eigenvalue weighted by Crippen LogP contribution is -2.11. The van der Waals surface area contributed by atoms with Crippen LogP contribution in [0, 0.1) is 6.92 Å². The quantitative estimate of drug-likeness (QED) is 0.766. The molecule has 0 amide bonds. The van der Waals surface area contributed by atoms with Crippen molar-refractivity contribution in [3.63, 3.8) is 0 Å². The van der Waals surface area contributed by atoms with Gasteiger partial charge in [0.1, 0.15) is 11.7 Å². The summed E-state index contributed by atoms with van der Waals surface area (Å²) in [5, 5.41) is 4.63. The van der Waals surface area contributed by atoms with Crippen LogP contribution in [-0.2, 0) is 6.54 Å². The molecule has 0 aliphatic heterocycles. The van der Waals surface area contributed by atoms with Gasteiger partial charge in [-0.25, -0.2) is 4.68 Å². The predicted octanol–water partition coefficient (Wildman–Crippen LogP) is 2.73. The molecule has 82 valence electrons. The number of Topliss-reactive ketones (excluding diaryl/α,β-unsaturated/α-hetero) is 1. The zero-order chi connectivity index (χ0) is 11.5. The molecule has 0 fully saturated rings. The SMILES string of the molecule is Cc1cc(Cl)n(CC(=O)c2ccccc2)n1. The van der Waals surface area contributed by atoms with E-state index in [2.05, 4.69) is 5.10 Å². The largest absolute Gasteiger partial charge is 0.292 e. The highest BCUT2D eigenvalue weighted by Crippen LogP contribution is 2.11. The van der Waals surface area contributed by atoms with Gasteiger partial charge in [0, 0.05) is 5.56 Å². The van der Waals surface area contributed by atoms with Crippen molar-refractivity contribution < 1.29 is 4.79 Å². The number of hydrogen-bond acceptors (Lipinski definition) is 2. The fraction of sp³-hybridized carbons (Fsp3) is 0.167. The van der Waals surface area contributed by atoms with Crippen molar-refractivity contribution in [3.05, 3.63) is 52.8 Å². The summed E-state index contributed by atoms with van der Waals surface area (Å²) in [7, 11) is 0. The van der Waals surface area contributed by atoms with Crippen molar-refractivity contribution in [1.82, 2.24) is 9.78 Å². The second-order valence-corrected chi connectivity index (χ2v) is 3.94. The molecule has 1 aromatic heterocycles. The lowest BCUT2D eigenvalue weighted by atomic mass is 10.1. The molecular weight excluding hydrogens is 224 g/mol. The van der Waals surface area contributed by atoms with Crippen LogP contribution in [0.2, 0.25) is 5.15 Å². The van der Waals surface area contributed by atoms with Crippen LogP contribution in [0.3, 0.4) is 0 Å². The number of hydrogen-bond donors (Lipinski definition) is 0. The van der Waals surface area contributed by atoms with Gasteiger partial charge in [0.05, 0.1) is 5.69 Å². The van der Waals surface area contributed by atoms with Crippen molar-refractivity contribution in [1.29, 1.82) is 0 Å². The van der Waals surface area contributed by atoms with Gasteiger partial charge in [-0.3, -0.25) is 4.79 Å². The van der Waals surface area contributed by atoms with Gasteiger partial charge >= 0.3 is 0 Å². The van der Waals surface area contributed by atoms with E-state index in [1.807, 2.05) is 25.1 Å². The number of aromatic nitrogens is 2. The lowest BCUT2D eigenvalue weighted by molar-refractivity contribution is 0.0967. The van der Waals surface area contributed by atoms with E-state index < -0.39 is 0 Å². The van der Waals surface area contributed by atoms with Crippen molar-refractivity contribution in [3.8, 4) is 0 Å². The maximum Gasteiger partial charge on any atom is 0.184 e. The second-order valence-electron chi connectivity index (χ2n) is 3.56.